The zero-order chi connectivity index (χ0) is 12.4. The monoisotopic (exact) mass is 271 g/mol. The smallest absolute Gasteiger partial charge is 0.0626 e. The molecule has 3 unspecified atom stereocenters. The molecule has 4 heteroatoms. The summed E-state index contributed by atoms with van der Waals surface area (Å²) in [6.07, 6.45) is 1.98. The van der Waals surface area contributed by atoms with Crippen molar-refractivity contribution in [2.45, 2.75) is 42.9 Å². The molecule has 17 heavy (non-hydrogen) atoms. The summed E-state index contributed by atoms with van der Waals surface area (Å²) < 4.78 is 12.4. The van der Waals surface area contributed by atoms with Crippen LogP contribution < -0.4 is 5.32 Å². The van der Waals surface area contributed by atoms with Crippen molar-refractivity contribution < 1.29 is 4.21 Å². The number of nitrogens with one attached hydrogen (secondary N) is 1. The van der Waals surface area contributed by atoms with Gasteiger partial charge in [0.25, 0.3) is 0 Å². The lowest BCUT2D eigenvalue weighted by molar-refractivity contribution is 0.505. The molecule has 1 aliphatic heterocycles. The standard InChI is InChI=1S/C13H18ClNOS/c1-3-8-15-12-9-6-5-7-10(14)13(9)17(16)11(12)4-2/h5-7,11-12,15H,3-4,8H2,1-2H3. The van der Waals surface area contributed by atoms with Gasteiger partial charge in [0.1, 0.15) is 0 Å². The van der Waals surface area contributed by atoms with E-state index in [0.29, 0.717) is 5.02 Å². The van der Waals surface area contributed by atoms with Gasteiger partial charge in [-0.1, -0.05) is 37.6 Å². The SMILES string of the molecule is CCCNC1c2cccc(Cl)c2S(=O)C1CC. The van der Waals surface area contributed by atoms with Crippen LogP contribution in [0.3, 0.4) is 0 Å². The molecular weight excluding hydrogens is 254 g/mol. The minimum absolute atomic E-state index is 0.149. The number of halogens is 1. The molecule has 1 aromatic rings. The molecule has 3 atom stereocenters. The molecular formula is C13H18ClNOS. The van der Waals surface area contributed by atoms with Crippen molar-refractivity contribution in [2.75, 3.05) is 6.54 Å². The first-order valence-electron chi connectivity index (χ1n) is 6.13. The van der Waals surface area contributed by atoms with Crippen molar-refractivity contribution in [3.63, 3.8) is 0 Å². The summed E-state index contributed by atoms with van der Waals surface area (Å²) in [7, 11) is -0.975. The Morgan fingerprint density at radius 1 is 1.41 bits per heavy atom. The first kappa shape index (κ1) is 13.1. The van der Waals surface area contributed by atoms with E-state index >= 15 is 0 Å². The summed E-state index contributed by atoms with van der Waals surface area (Å²) in [6.45, 7) is 5.17. The summed E-state index contributed by atoms with van der Waals surface area (Å²) >= 11 is 6.17. The fraction of sp³-hybridized carbons (Fsp3) is 0.538. The molecule has 0 aromatic heterocycles. The summed E-state index contributed by atoms with van der Waals surface area (Å²) in [4.78, 5) is 0.842. The van der Waals surface area contributed by atoms with Crippen molar-refractivity contribution in [3.05, 3.63) is 28.8 Å². The molecule has 0 saturated carbocycles. The van der Waals surface area contributed by atoms with Crippen LogP contribution in [-0.4, -0.2) is 16.0 Å². The highest BCUT2D eigenvalue weighted by Crippen LogP contribution is 2.41. The Hall–Kier alpha value is -0.380. The predicted molar refractivity (Wildman–Crippen MR) is 73.0 cm³/mol. The second kappa shape index (κ2) is 5.51. The van der Waals surface area contributed by atoms with Gasteiger partial charge >= 0.3 is 0 Å². The Labute approximate surface area is 110 Å². The third-order valence-electron chi connectivity index (χ3n) is 3.20. The van der Waals surface area contributed by atoms with Crippen LogP contribution in [0.25, 0.3) is 0 Å². The van der Waals surface area contributed by atoms with Gasteiger partial charge in [-0.2, -0.15) is 0 Å². The zero-order valence-electron chi connectivity index (χ0n) is 10.2. The summed E-state index contributed by atoms with van der Waals surface area (Å²) in [6, 6.07) is 6.00. The molecule has 0 radical (unpaired) electrons. The first-order valence-corrected chi connectivity index (χ1v) is 7.72. The van der Waals surface area contributed by atoms with E-state index in [2.05, 4.69) is 19.2 Å². The molecule has 0 fully saturated rings. The van der Waals surface area contributed by atoms with Crippen molar-refractivity contribution in [3.8, 4) is 0 Å². The maximum absolute atomic E-state index is 12.4. The fourth-order valence-electron chi connectivity index (χ4n) is 2.39. The van der Waals surface area contributed by atoms with Crippen molar-refractivity contribution >= 4 is 22.4 Å². The van der Waals surface area contributed by atoms with E-state index in [4.69, 9.17) is 11.6 Å². The molecule has 2 rings (SSSR count). The third-order valence-corrected chi connectivity index (χ3v) is 5.64. The van der Waals surface area contributed by atoms with Crippen LogP contribution in [0.1, 0.15) is 38.3 Å². The molecule has 0 saturated heterocycles. The molecule has 1 heterocycles. The lowest BCUT2D eigenvalue weighted by atomic mass is 10.0. The Bertz CT molecular complexity index is 435. The predicted octanol–water partition coefficient (Wildman–Crippen LogP) is 3.28. The minimum Gasteiger partial charge on any atom is -0.309 e. The van der Waals surface area contributed by atoms with Crippen molar-refractivity contribution in [1.82, 2.24) is 5.32 Å². The molecule has 1 aliphatic rings. The maximum Gasteiger partial charge on any atom is 0.0626 e. The highest BCUT2D eigenvalue weighted by Gasteiger charge is 2.38. The lowest BCUT2D eigenvalue weighted by Gasteiger charge is -2.19. The van der Waals surface area contributed by atoms with Gasteiger partial charge in [0.15, 0.2) is 0 Å². The fourth-order valence-corrected chi connectivity index (χ4v) is 4.58. The molecule has 0 amide bonds. The van der Waals surface area contributed by atoms with Gasteiger partial charge in [0.05, 0.1) is 26.0 Å². The van der Waals surface area contributed by atoms with E-state index in [1.165, 1.54) is 0 Å². The van der Waals surface area contributed by atoms with Crippen molar-refractivity contribution in [2.24, 2.45) is 0 Å². The molecule has 0 bridgehead atoms. The van der Waals surface area contributed by atoms with Gasteiger partial charge in [-0.15, -0.1) is 0 Å². The van der Waals surface area contributed by atoms with Crippen LogP contribution in [0, 0.1) is 0 Å². The van der Waals surface area contributed by atoms with Gasteiger partial charge in [0, 0.05) is 6.04 Å². The van der Waals surface area contributed by atoms with E-state index in [0.717, 1.165) is 29.8 Å². The van der Waals surface area contributed by atoms with Gasteiger partial charge < -0.3 is 5.32 Å². The third kappa shape index (κ3) is 2.28. The zero-order valence-corrected chi connectivity index (χ0v) is 11.8. The van der Waals surface area contributed by atoms with Crippen LogP contribution in [0.15, 0.2) is 23.1 Å². The highest BCUT2D eigenvalue weighted by atomic mass is 35.5. The number of rotatable bonds is 4. The molecule has 0 spiro atoms. The maximum atomic E-state index is 12.4. The average molecular weight is 272 g/mol. The lowest BCUT2D eigenvalue weighted by Crippen LogP contribution is -2.30. The Balaban J connectivity index is 2.39. The average Bonchev–Trinajstić information content (AvgIpc) is 2.60. The Morgan fingerprint density at radius 2 is 2.18 bits per heavy atom. The van der Waals surface area contributed by atoms with Crippen LogP contribution in [0.2, 0.25) is 5.02 Å². The van der Waals surface area contributed by atoms with Crippen LogP contribution >= 0.6 is 11.6 Å². The van der Waals surface area contributed by atoms with E-state index in [1.807, 2.05) is 18.2 Å². The summed E-state index contributed by atoms with van der Waals surface area (Å²) in [5.74, 6) is 0. The topological polar surface area (TPSA) is 29.1 Å². The molecule has 0 aliphatic carbocycles. The minimum atomic E-state index is -0.975. The van der Waals surface area contributed by atoms with E-state index in [-0.39, 0.29) is 11.3 Å². The molecule has 1 aromatic carbocycles. The summed E-state index contributed by atoms with van der Waals surface area (Å²) in [5.41, 5.74) is 1.12. The van der Waals surface area contributed by atoms with Gasteiger partial charge in [-0.25, -0.2) is 0 Å². The quantitative estimate of drug-likeness (QED) is 0.911. The number of benzene rings is 1. The van der Waals surface area contributed by atoms with Gasteiger partial charge in [0.2, 0.25) is 0 Å². The second-order valence-corrected chi connectivity index (χ2v) is 6.35. The van der Waals surface area contributed by atoms with Gasteiger partial charge in [-0.3, -0.25) is 4.21 Å². The largest absolute Gasteiger partial charge is 0.309 e. The first-order chi connectivity index (χ1) is 8.20. The highest BCUT2D eigenvalue weighted by molar-refractivity contribution is 7.86. The Kier molecular flexibility index (Phi) is 4.23. The van der Waals surface area contributed by atoms with Crippen LogP contribution in [0.4, 0.5) is 0 Å². The number of hydrogen-bond donors (Lipinski definition) is 1. The van der Waals surface area contributed by atoms with Crippen LogP contribution in [-0.2, 0) is 10.8 Å². The molecule has 94 valence electrons. The van der Waals surface area contributed by atoms with Crippen LogP contribution in [0.5, 0.6) is 0 Å². The summed E-state index contributed by atoms with van der Waals surface area (Å²) in [5, 5.41) is 4.28. The number of fused-ring (bicyclic) bond motifs is 1. The van der Waals surface area contributed by atoms with Crippen molar-refractivity contribution in [1.29, 1.82) is 0 Å². The second-order valence-electron chi connectivity index (χ2n) is 4.33. The van der Waals surface area contributed by atoms with E-state index in [1.54, 1.807) is 0 Å². The van der Waals surface area contributed by atoms with Gasteiger partial charge in [-0.05, 0) is 31.0 Å². The van der Waals surface area contributed by atoms with E-state index < -0.39 is 10.8 Å². The number of hydrogen-bond acceptors (Lipinski definition) is 2. The van der Waals surface area contributed by atoms with E-state index in [9.17, 15) is 4.21 Å². The normalized spacial score (nSPS) is 27.1. The molecule has 1 N–H and O–H groups in total. The Morgan fingerprint density at radius 3 is 2.82 bits per heavy atom. The molecule has 2 nitrogen and oxygen atoms in total.